The molecule has 0 spiro atoms. The molecular weight excluding hydrogens is 240 g/mol. The summed E-state index contributed by atoms with van der Waals surface area (Å²) in [5.41, 5.74) is 7.12. The Balaban J connectivity index is 2.43. The molecule has 0 aromatic heterocycles. The molecule has 0 saturated carbocycles. The second-order valence-corrected chi connectivity index (χ2v) is 4.14. The van der Waals surface area contributed by atoms with Gasteiger partial charge in [-0.25, -0.2) is 0 Å². The van der Waals surface area contributed by atoms with Crippen molar-refractivity contribution in [1.82, 2.24) is 0 Å². The fourth-order valence-electron chi connectivity index (χ4n) is 1.73. The van der Waals surface area contributed by atoms with Gasteiger partial charge in [0.2, 0.25) is 0 Å². The lowest BCUT2D eigenvalue weighted by atomic mass is 10.1. The van der Waals surface area contributed by atoms with Gasteiger partial charge in [-0.05, 0) is 30.7 Å². The third kappa shape index (κ3) is 2.85. The van der Waals surface area contributed by atoms with Crippen molar-refractivity contribution < 1.29 is 9.47 Å². The van der Waals surface area contributed by atoms with Crippen LogP contribution < -0.4 is 15.2 Å². The first kappa shape index (κ1) is 13.0. The summed E-state index contributed by atoms with van der Waals surface area (Å²) in [5, 5.41) is 7.58. The fourth-order valence-corrected chi connectivity index (χ4v) is 1.73. The molecule has 2 aromatic carbocycles. The largest absolute Gasteiger partial charge is 0.497 e. The quantitative estimate of drug-likeness (QED) is 0.652. The fraction of sp³-hybridized carbons (Fsp3) is 0.133. The number of nitrogen functional groups attached to an aromatic ring is 1. The van der Waals surface area contributed by atoms with Gasteiger partial charge in [-0.2, -0.15) is 0 Å². The topological polar surface area (TPSA) is 68.3 Å². The Labute approximate surface area is 112 Å². The van der Waals surface area contributed by atoms with E-state index in [1.165, 1.54) is 0 Å². The number of nitrogens with one attached hydrogen (secondary N) is 1. The number of para-hydroxylation sites is 1. The van der Waals surface area contributed by atoms with Crippen molar-refractivity contribution in [1.29, 1.82) is 5.41 Å². The zero-order valence-corrected chi connectivity index (χ0v) is 10.9. The van der Waals surface area contributed by atoms with E-state index in [-0.39, 0.29) is 5.84 Å². The van der Waals surface area contributed by atoms with E-state index < -0.39 is 0 Å². The predicted octanol–water partition coefficient (Wildman–Crippen LogP) is 3.08. The van der Waals surface area contributed by atoms with Crippen LogP contribution in [-0.4, -0.2) is 12.9 Å². The molecule has 0 aliphatic rings. The number of nitrogens with two attached hydrogens (primary N) is 1. The van der Waals surface area contributed by atoms with E-state index in [1.54, 1.807) is 25.3 Å². The highest BCUT2D eigenvalue weighted by molar-refractivity contribution is 5.97. The van der Waals surface area contributed by atoms with E-state index in [1.807, 2.05) is 31.2 Å². The number of methoxy groups -OCH3 is 1. The summed E-state index contributed by atoms with van der Waals surface area (Å²) in [6.07, 6.45) is 0. The molecule has 0 unspecified atom stereocenters. The van der Waals surface area contributed by atoms with Crippen molar-refractivity contribution in [3.8, 4) is 17.2 Å². The summed E-state index contributed by atoms with van der Waals surface area (Å²) in [5.74, 6) is 1.87. The molecule has 0 amide bonds. The first-order valence-corrected chi connectivity index (χ1v) is 5.87. The third-order valence-electron chi connectivity index (χ3n) is 2.79. The summed E-state index contributed by atoms with van der Waals surface area (Å²) < 4.78 is 11.0. The van der Waals surface area contributed by atoms with E-state index in [0.29, 0.717) is 17.1 Å². The molecule has 2 rings (SSSR count). The number of benzene rings is 2. The van der Waals surface area contributed by atoms with Crippen LogP contribution in [0.5, 0.6) is 17.2 Å². The second kappa shape index (κ2) is 5.44. The average molecular weight is 256 g/mol. The second-order valence-electron chi connectivity index (χ2n) is 4.14. The van der Waals surface area contributed by atoms with Gasteiger partial charge in [0, 0.05) is 6.07 Å². The van der Waals surface area contributed by atoms with E-state index in [9.17, 15) is 0 Å². The van der Waals surface area contributed by atoms with Crippen LogP contribution >= 0.6 is 0 Å². The Morgan fingerprint density at radius 2 is 1.84 bits per heavy atom. The maximum atomic E-state index is 7.58. The molecule has 0 aliphatic carbocycles. The monoisotopic (exact) mass is 256 g/mol. The SMILES string of the molecule is COc1ccc(C(=N)N)c(Oc2ccccc2C)c1. The third-order valence-corrected chi connectivity index (χ3v) is 2.79. The number of hydrogen-bond donors (Lipinski definition) is 2. The van der Waals surface area contributed by atoms with Gasteiger partial charge in [0.25, 0.3) is 0 Å². The summed E-state index contributed by atoms with van der Waals surface area (Å²) in [6.45, 7) is 1.96. The Morgan fingerprint density at radius 1 is 1.11 bits per heavy atom. The predicted molar refractivity (Wildman–Crippen MR) is 75.3 cm³/mol. The minimum absolute atomic E-state index is 0.0359. The molecule has 2 aromatic rings. The first-order chi connectivity index (χ1) is 9.11. The van der Waals surface area contributed by atoms with Crippen LogP contribution in [0, 0.1) is 12.3 Å². The summed E-state index contributed by atoms with van der Waals surface area (Å²) in [6, 6.07) is 12.9. The van der Waals surface area contributed by atoms with Gasteiger partial charge in [-0.15, -0.1) is 0 Å². The lowest BCUT2D eigenvalue weighted by molar-refractivity contribution is 0.408. The smallest absolute Gasteiger partial charge is 0.142 e. The average Bonchev–Trinajstić information content (AvgIpc) is 2.41. The Morgan fingerprint density at radius 3 is 2.47 bits per heavy atom. The molecule has 19 heavy (non-hydrogen) atoms. The van der Waals surface area contributed by atoms with Crippen molar-refractivity contribution >= 4 is 5.84 Å². The number of ether oxygens (including phenoxy) is 2. The van der Waals surface area contributed by atoms with E-state index in [4.69, 9.17) is 20.6 Å². The number of amidine groups is 1. The van der Waals surface area contributed by atoms with Crippen molar-refractivity contribution in [2.45, 2.75) is 6.92 Å². The Hall–Kier alpha value is -2.49. The van der Waals surface area contributed by atoms with Crippen molar-refractivity contribution in [2.24, 2.45) is 5.73 Å². The maximum absolute atomic E-state index is 7.58. The Bertz CT molecular complexity index is 609. The van der Waals surface area contributed by atoms with Crippen LogP contribution in [0.25, 0.3) is 0 Å². The van der Waals surface area contributed by atoms with Gasteiger partial charge < -0.3 is 15.2 Å². The lowest BCUT2D eigenvalue weighted by Crippen LogP contribution is -2.12. The molecule has 0 atom stereocenters. The van der Waals surface area contributed by atoms with Gasteiger partial charge in [0.15, 0.2) is 0 Å². The molecule has 4 nitrogen and oxygen atoms in total. The van der Waals surface area contributed by atoms with Crippen LogP contribution in [0.2, 0.25) is 0 Å². The highest BCUT2D eigenvalue weighted by Crippen LogP contribution is 2.30. The molecule has 0 heterocycles. The van der Waals surface area contributed by atoms with Gasteiger partial charge in [0.05, 0.1) is 12.7 Å². The normalized spacial score (nSPS) is 10.0. The maximum Gasteiger partial charge on any atom is 0.142 e. The highest BCUT2D eigenvalue weighted by Gasteiger charge is 2.10. The van der Waals surface area contributed by atoms with E-state index in [2.05, 4.69) is 0 Å². The molecule has 98 valence electrons. The van der Waals surface area contributed by atoms with Crippen LogP contribution in [0.15, 0.2) is 42.5 Å². The van der Waals surface area contributed by atoms with Crippen molar-refractivity contribution in [3.05, 3.63) is 53.6 Å². The van der Waals surface area contributed by atoms with Crippen LogP contribution in [0.4, 0.5) is 0 Å². The molecular formula is C15H16N2O2. The molecule has 0 fully saturated rings. The van der Waals surface area contributed by atoms with Gasteiger partial charge >= 0.3 is 0 Å². The van der Waals surface area contributed by atoms with E-state index in [0.717, 1.165) is 11.3 Å². The summed E-state index contributed by atoms with van der Waals surface area (Å²) in [4.78, 5) is 0. The van der Waals surface area contributed by atoms with Crippen molar-refractivity contribution in [2.75, 3.05) is 7.11 Å². The molecule has 0 bridgehead atoms. The minimum Gasteiger partial charge on any atom is -0.497 e. The van der Waals surface area contributed by atoms with Crippen LogP contribution in [0.3, 0.4) is 0 Å². The summed E-state index contributed by atoms with van der Waals surface area (Å²) in [7, 11) is 1.58. The molecule has 3 N–H and O–H groups in total. The van der Waals surface area contributed by atoms with Gasteiger partial charge in [0.1, 0.15) is 23.1 Å². The molecule has 0 saturated heterocycles. The van der Waals surface area contributed by atoms with Gasteiger partial charge in [-0.1, -0.05) is 18.2 Å². The number of aryl methyl sites for hydroxylation is 1. The zero-order chi connectivity index (χ0) is 13.8. The van der Waals surface area contributed by atoms with Gasteiger partial charge in [-0.3, -0.25) is 5.41 Å². The van der Waals surface area contributed by atoms with Crippen LogP contribution in [-0.2, 0) is 0 Å². The highest BCUT2D eigenvalue weighted by atomic mass is 16.5. The lowest BCUT2D eigenvalue weighted by Gasteiger charge is -2.13. The summed E-state index contributed by atoms with van der Waals surface area (Å²) >= 11 is 0. The molecule has 0 radical (unpaired) electrons. The molecule has 4 heteroatoms. The first-order valence-electron chi connectivity index (χ1n) is 5.87. The number of rotatable bonds is 4. The molecule has 0 aliphatic heterocycles. The van der Waals surface area contributed by atoms with Crippen LogP contribution in [0.1, 0.15) is 11.1 Å². The zero-order valence-electron chi connectivity index (χ0n) is 10.9. The Kier molecular flexibility index (Phi) is 3.71. The van der Waals surface area contributed by atoms with E-state index >= 15 is 0 Å². The minimum atomic E-state index is -0.0359. The number of hydrogen-bond acceptors (Lipinski definition) is 3. The standard InChI is InChI=1S/C15H16N2O2/c1-10-5-3-4-6-13(10)19-14-9-11(18-2)7-8-12(14)15(16)17/h3-9H,1-2H3,(H3,16,17). The van der Waals surface area contributed by atoms with Crippen molar-refractivity contribution in [3.63, 3.8) is 0 Å².